The normalized spacial score (nSPS) is 8.45. The van der Waals surface area contributed by atoms with Crippen LogP contribution in [-0.4, -0.2) is 27.9 Å². The molecular formula is C45H68N2O2. The first-order valence-corrected chi connectivity index (χ1v) is 18.0. The van der Waals surface area contributed by atoms with Crippen molar-refractivity contribution in [3.8, 4) is 0 Å². The first-order chi connectivity index (χ1) is 24.2. The Labute approximate surface area is 302 Å². The van der Waals surface area contributed by atoms with E-state index in [0.717, 1.165) is 40.7 Å². The molecule has 0 bridgehead atoms. The smallest absolute Gasteiger partial charge is 0.0463 e. The number of anilines is 6. The molecule has 49 heavy (non-hydrogen) atoms. The lowest BCUT2D eigenvalue weighted by atomic mass is 10.1. The van der Waals surface area contributed by atoms with E-state index in [1.807, 2.05) is 100 Å². The molecule has 4 heteroatoms. The van der Waals surface area contributed by atoms with Crippen LogP contribution in [0.3, 0.4) is 0 Å². The van der Waals surface area contributed by atoms with Crippen LogP contribution in [0.1, 0.15) is 76.2 Å². The summed E-state index contributed by atoms with van der Waals surface area (Å²) in [6, 6.07) is 50.7. The molecule has 270 valence electrons. The number of methoxy groups -OCH3 is 2. The summed E-state index contributed by atoms with van der Waals surface area (Å²) in [6.07, 6.45) is 0. The van der Waals surface area contributed by atoms with Gasteiger partial charge in [-0.25, -0.2) is 0 Å². The molecule has 0 atom stereocenters. The molecule has 0 amide bonds. The van der Waals surface area contributed by atoms with E-state index in [1.54, 1.807) is 21.3 Å². The Bertz CT molecular complexity index is 1120. The molecule has 0 aromatic heterocycles. The van der Waals surface area contributed by atoms with Gasteiger partial charge in [0.05, 0.1) is 0 Å². The van der Waals surface area contributed by atoms with Crippen molar-refractivity contribution in [3.05, 3.63) is 146 Å². The van der Waals surface area contributed by atoms with Crippen LogP contribution in [0.5, 0.6) is 0 Å². The van der Waals surface area contributed by atoms with Gasteiger partial charge in [0.25, 0.3) is 0 Å². The van der Waals surface area contributed by atoms with Gasteiger partial charge in [0, 0.05) is 62.1 Å². The summed E-state index contributed by atoms with van der Waals surface area (Å²) >= 11 is 0. The highest BCUT2D eigenvalue weighted by atomic mass is 16.5. The molecule has 0 aliphatic heterocycles. The Hall–Kier alpha value is -4.38. The number of benzene rings is 5. The molecule has 0 N–H and O–H groups in total. The highest BCUT2D eigenvalue weighted by Crippen LogP contribution is 2.38. The number of hydrogen-bond donors (Lipinski definition) is 0. The fourth-order valence-corrected chi connectivity index (χ4v) is 3.95. The van der Waals surface area contributed by atoms with Gasteiger partial charge in [-0.05, 0) is 79.7 Å². The third kappa shape index (κ3) is 19.3. The van der Waals surface area contributed by atoms with Crippen LogP contribution in [0.15, 0.2) is 146 Å². The highest BCUT2D eigenvalue weighted by Gasteiger charge is 2.15. The lowest BCUT2D eigenvalue weighted by Gasteiger charge is -2.28. The van der Waals surface area contributed by atoms with E-state index in [9.17, 15) is 0 Å². The largest absolute Gasteiger partial charge is 0.388 e. The second-order valence-electron chi connectivity index (χ2n) is 8.52. The predicted molar refractivity (Wildman–Crippen MR) is 223 cm³/mol. The third-order valence-corrected chi connectivity index (χ3v) is 5.71. The van der Waals surface area contributed by atoms with Gasteiger partial charge in [0.2, 0.25) is 0 Å². The van der Waals surface area contributed by atoms with Crippen molar-refractivity contribution in [2.75, 3.05) is 37.7 Å². The molecule has 5 aromatic rings. The summed E-state index contributed by atoms with van der Waals surface area (Å²) in [5.41, 5.74) is 6.77. The Morgan fingerprint density at radius 3 is 0.612 bits per heavy atom. The Morgan fingerprint density at radius 2 is 0.469 bits per heavy atom. The molecule has 0 heterocycles. The molecule has 0 fully saturated rings. The van der Waals surface area contributed by atoms with E-state index in [-0.39, 0.29) is 0 Å². The van der Waals surface area contributed by atoms with Gasteiger partial charge in [0.1, 0.15) is 0 Å². The molecule has 4 nitrogen and oxygen atoms in total. The zero-order valence-electron chi connectivity index (χ0n) is 33.3. The summed E-state index contributed by atoms with van der Waals surface area (Å²) < 4.78 is 8.79. The summed E-state index contributed by atoms with van der Waals surface area (Å²) in [5, 5.41) is 0. The fraction of sp³-hybridized carbons (Fsp3) is 0.333. The van der Waals surface area contributed by atoms with E-state index < -0.39 is 0 Å². The number of para-hydroxylation sites is 4. The van der Waals surface area contributed by atoms with Crippen LogP contribution in [0.25, 0.3) is 0 Å². The average molecular weight is 669 g/mol. The molecule has 0 spiro atoms. The van der Waals surface area contributed by atoms with Crippen LogP contribution in [0.4, 0.5) is 34.1 Å². The van der Waals surface area contributed by atoms with E-state index >= 15 is 0 Å². The van der Waals surface area contributed by atoms with Crippen molar-refractivity contribution in [3.63, 3.8) is 0 Å². The molecule has 0 unspecified atom stereocenters. The van der Waals surface area contributed by atoms with Gasteiger partial charge in [-0.3, -0.25) is 0 Å². The molecule has 0 saturated heterocycles. The van der Waals surface area contributed by atoms with Crippen LogP contribution >= 0.6 is 0 Å². The highest BCUT2D eigenvalue weighted by molar-refractivity contribution is 5.80. The van der Waals surface area contributed by atoms with E-state index in [0.29, 0.717) is 0 Å². The second-order valence-corrected chi connectivity index (χ2v) is 8.52. The predicted octanol–water partition coefficient (Wildman–Crippen LogP) is 14.7. The maximum atomic E-state index is 4.54. The van der Waals surface area contributed by atoms with Crippen molar-refractivity contribution >= 4 is 34.1 Å². The maximum absolute atomic E-state index is 4.54. The molecule has 5 rings (SSSR count). The second kappa shape index (κ2) is 36.5. The zero-order valence-corrected chi connectivity index (χ0v) is 33.3. The number of ether oxygens (including phenoxy) is 2. The first-order valence-electron chi connectivity index (χ1n) is 18.0. The van der Waals surface area contributed by atoms with E-state index in [2.05, 4.69) is 141 Å². The minimum Gasteiger partial charge on any atom is -0.388 e. The first kappa shape index (κ1) is 49.0. The minimum absolute atomic E-state index is 0.819. The van der Waals surface area contributed by atoms with Crippen molar-refractivity contribution in [1.82, 2.24) is 0 Å². The van der Waals surface area contributed by atoms with Gasteiger partial charge < -0.3 is 19.3 Å². The Balaban J connectivity index is -0.00000107. The molecule has 0 saturated carbocycles. The summed E-state index contributed by atoms with van der Waals surface area (Å²) in [5.74, 6) is 0. The molecule has 5 aromatic carbocycles. The molecular weight excluding hydrogens is 601 g/mol. The zero-order chi connectivity index (χ0) is 37.7. The maximum Gasteiger partial charge on any atom is 0.0463 e. The number of rotatable bonds is 7. The van der Waals surface area contributed by atoms with Crippen LogP contribution in [-0.2, 0) is 9.47 Å². The standard InChI is InChI=1S/C30H24N2.C3H8O.C2H6O.5C2H6/c1-5-13-25(14-6-1)31(26-15-7-2-8-16-26)29-21-23-30(24-22-29)32(27-17-9-3-10-18-27)28-19-11-4-12-20-28;1-3-4-2;1-3-2;5*1-2/h1-24H;3H2,1-2H3;1-2H3;5*1-2H3. The summed E-state index contributed by atoms with van der Waals surface area (Å²) in [7, 11) is 4.93. The monoisotopic (exact) mass is 669 g/mol. The van der Waals surface area contributed by atoms with Crippen molar-refractivity contribution in [2.24, 2.45) is 0 Å². The summed E-state index contributed by atoms with van der Waals surface area (Å²) in [4.78, 5) is 4.55. The Morgan fingerprint density at radius 1 is 0.327 bits per heavy atom. The van der Waals surface area contributed by atoms with Gasteiger partial charge in [-0.1, -0.05) is 142 Å². The fourth-order valence-electron chi connectivity index (χ4n) is 3.95. The molecule has 0 aliphatic carbocycles. The van der Waals surface area contributed by atoms with Gasteiger partial charge in [0.15, 0.2) is 0 Å². The molecule has 0 aliphatic rings. The van der Waals surface area contributed by atoms with Crippen molar-refractivity contribution in [2.45, 2.75) is 76.2 Å². The summed E-state index contributed by atoms with van der Waals surface area (Å²) in [6.45, 7) is 22.8. The minimum atomic E-state index is 0.819. The Kier molecular flexibility index (Phi) is 36.5. The van der Waals surface area contributed by atoms with E-state index in [4.69, 9.17) is 0 Å². The van der Waals surface area contributed by atoms with Crippen molar-refractivity contribution < 1.29 is 9.47 Å². The van der Waals surface area contributed by atoms with Gasteiger partial charge in [-0.15, -0.1) is 0 Å². The van der Waals surface area contributed by atoms with E-state index in [1.165, 1.54) is 0 Å². The van der Waals surface area contributed by atoms with Crippen LogP contribution in [0.2, 0.25) is 0 Å². The quantitative estimate of drug-likeness (QED) is 0.172. The number of hydrogen-bond acceptors (Lipinski definition) is 4. The van der Waals surface area contributed by atoms with Crippen LogP contribution < -0.4 is 9.80 Å². The third-order valence-electron chi connectivity index (χ3n) is 5.71. The lowest BCUT2D eigenvalue weighted by molar-refractivity contribution is 0.215. The topological polar surface area (TPSA) is 24.9 Å². The van der Waals surface area contributed by atoms with Crippen molar-refractivity contribution in [1.29, 1.82) is 0 Å². The number of nitrogens with zero attached hydrogens (tertiary/aromatic N) is 2. The SMILES string of the molecule is CC.CC.CC.CC.CC.CCOC.COC.c1ccc(N(c2ccccc2)c2ccc(N(c3ccccc3)c3ccccc3)cc2)cc1. The van der Waals surface area contributed by atoms with Crippen LogP contribution in [0, 0.1) is 0 Å². The average Bonchev–Trinajstić information content (AvgIpc) is 3.22. The van der Waals surface area contributed by atoms with Gasteiger partial charge in [-0.2, -0.15) is 0 Å². The lowest BCUT2D eigenvalue weighted by Crippen LogP contribution is -2.12. The van der Waals surface area contributed by atoms with Gasteiger partial charge >= 0.3 is 0 Å². The molecule has 0 radical (unpaired) electrons.